The van der Waals surface area contributed by atoms with Crippen LogP contribution in [0.25, 0.3) is 0 Å². The second-order valence-electron chi connectivity index (χ2n) is 7.81. The van der Waals surface area contributed by atoms with E-state index in [9.17, 15) is 0 Å². The van der Waals surface area contributed by atoms with E-state index in [4.69, 9.17) is 20.2 Å². The van der Waals surface area contributed by atoms with Crippen molar-refractivity contribution < 1.29 is 9.47 Å². The van der Waals surface area contributed by atoms with E-state index in [0.29, 0.717) is 30.4 Å². The van der Waals surface area contributed by atoms with Crippen molar-refractivity contribution in [3.63, 3.8) is 0 Å². The van der Waals surface area contributed by atoms with Crippen LogP contribution in [0.15, 0.2) is 71.9 Å². The Bertz CT molecular complexity index is 1090. The largest absolute Gasteiger partial charge is 0.493 e. The molecule has 7 heteroatoms. The Morgan fingerprint density at radius 2 is 1.78 bits per heavy atom. The first kappa shape index (κ1) is 21.6. The van der Waals surface area contributed by atoms with Crippen molar-refractivity contribution in [2.45, 2.75) is 24.9 Å². The molecular formula is C25H29N5O2. The Morgan fingerprint density at radius 1 is 0.969 bits per heavy atom. The Morgan fingerprint density at radius 3 is 2.56 bits per heavy atom. The van der Waals surface area contributed by atoms with Gasteiger partial charge in [-0.15, -0.1) is 0 Å². The van der Waals surface area contributed by atoms with Crippen LogP contribution in [-0.4, -0.2) is 31.7 Å². The van der Waals surface area contributed by atoms with Crippen LogP contribution in [0.3, 0.4) is 0 Å². The summed E-state index contributed by atoms with van der Waals surface area (Å²) >= 11 is 0. The molecule has 32 heavy (non-hydrogen) atoms. The fourth-order valence-corrected chi connectivity index (χ4v) is 3.94. The zero-order valence-corrected chi connectivity index (χ0v) is 18.5. The van der Waals surface area contributed by atoms with Gasteiger partial charge in [-0.3, -0.25) is 4.99 Å². The number of nitrogens with zero attached hydrogens (tertiary/aromatic N) is 2. The third-order valence-corrected chi connectivity index (χ3v) is 5.53. The molecule has 0 spiro atoms. The number of aromatic nitrogens is 1. The van der Waals surface area contributed by atoms with Crippen LogP contribution in [0.2, 0.25) is 0 Å². The van der Waals surface area contributed by atoms with Crippen LogP contribution in [-0.2, 0) is 18.5 Å². The molecule has 1 aliphatic heterocycles. The fourth-order valence-electron chi connectivity index (χ4n) is 3.94. The number of benzene rings is 2. The minimum atomic E-state index is -0.868. The summed E-state index contributed by atoms with van der Waals surface area (Å²) in [5.74, 6) is 2.70. The highest BCUT2D eigenvalue weighted by atomic mass is 16.5. The van der Waals surface area contributed by atoms with E-state index in [-0.39, 0.29) is 0 Å². The van der Waals surface area contributed by atoms with E-state index in [1.54, 1.807) is 20.4 Å². The summed E-state index contributed by atoms with van der Waals surface area (Å²) in [5.41, 5.74) is 9.25. The number of rotatable bonds is 8. The molecule has 0 amide bonds. The van der Waals surface area contributed by atoms with Crippen molar-refractivity contribution in [3.8, 4) is 11.5 Å². The van der Waals surface area contributed by atoms with Crippen LogP contribution in [0.4, 0.5) is 5.82 Å². The van der Waals surface area contributed by atoms with Crippen molar-refractivity contribution in [1.29, 1.82) is 0 Å². The number of anilines is 1. The van der Waals surface area contributed by atoms with Crippen LogP contribution < -0.4 is 25.8 Å². The molecule has 166 valence electrons. The summed E-state index contributed by atoms with van der Waals surface area (Å²) in [5, 5.41) is 6.68. The maximum atomic E-state index is 6.91. The van der Waals surface area contributed by atoms with Crippen LogP contribution in [0.1, 0.15) is 23.1 Å². The first-order valence-electron chi connectivity index (χ1n) is 10.7. The molecule has 0 saturated carbocycles. The zero-order chi connectivity index (χ0) is 22.4. The number of aryl methyl sites for hydroxylation is 1. The highest BCUT2D eigenvalue weighted by Crippen LogP contribution is 2.33. The number of fused-ring (bicyclic) bond motifs is 1. The third kappa shape index (κ3) is 4.84. The van der Waals surface area contributed by atoms with Crippen molar-refractivity contribution in [2.24, 2.45) is 10.7 Å². The fraction of sp³-hybridized carbons (Fsp3) is 0.280. The number of methoxy groups -OCH3 is 2. The van der Waals surface area contributed by atoms with Gasteiger partial charge in [-0.25, -0.2) is 4.98 Å². The molecule has 4 N–H and O–H groups in total. The average molecular weight is 432 g/mol. The zero-order valence-electron chi connectivity index (χ0n) is 18.5. The molecule has 0 aliphatic carbocycles. The maximum Gasteiger partial charge on any atom is 0.198 e. The molecule has 1 aliphatic rings. The van der Waals surface area contributed by atoms with Gasteiger partial charge in [0.25, 0.3) is 0 Å². The predicted octanol–water partition coefficient (Wildman–Crippen LogP) is 3.46. The molecule has 2 aromatic carbocycles. The number of hydrogen-bond donors (Lipinski definition) is 3. The van der Waals surface area contributed by atoms with Crippen LogP contribution in [0.5, 0.6) is 11.5 Å². The molecule has 3 aromatic rings. The minimum Gasteiger partial charge on any atom is -0.493 e. The Hall–Kier alpha value is -3.58. The normalized spacial score (nSPS) is 18.4. The first-order valence-corrected chi connectivity index (χ1v) is 10.7. The van der Waals surface area contributed by atoms with Gasteiger partial charge in [-0.2, -0.15) is 0 Å². The Labute approximate surface area is 188 Å². The van der Waals surface area contributed by atoms with Crippen LogP contribution in [0, 0.1) is 0 Å². The molecule has 2 heterocycles. The SMILES string of the molecule is COc1ccc(CC2(N)NC(=NCCCc3ccccc3)Nc3ncccc32)cc1OC. The lowest BCUT2D eigenvalue weighted by Crippen LogP contribution is -2.59. The summed E-state index contributed by atoms with van der Waals surface area (Å²) in [7, 11) is 3.25. The van der Waals surface area contributed by atoms with Gasteiger partial charge in [0.15, 0.2) is 17.5 Å². The quantitative estimate of drug-likeness (QED) is 0.473. The minimum absolute atomic E-state index is 0.525. The molecule has 0 fully saturated rings. The smallest absolute Gasteiger partial charge is 0.198 e. The average Bonchev–Trinajstić information content (AvgIpc) is 2.82. The van der Waals surface area contributed by atoms with Crippen molar-refractivity contribution in [1.82, 2.24) is 10.3 Å². The Balaban J connectivity index is 1.52. The number of guanidine groups is 1. The summed E-state index contributed by atoms with van der Waals surface area (Å²) < 4.78 is 10.8. The van der Waals surface area contributed by atoms with Gasteiger partial charge in [0.2, 0.25) is 0 Å². The van der Waals surface area contributed by atoms with Gasteiger partial charge in [0, 0.05) is 24.7 Å². The molecule has 4 rings (SSSR count). The first-order chi connectivity index (χ1) is 15.6. The number of pyridine rings is 1. The van der Waals surface area contributed by atoms with E-state index in [1.165, 1.54) is 5.56 Å². The number of hydrogen-bond acceptors (Lipinski definition) is 5. The van der Waals surface area contributed by atoms with Gasteiger partial charge in [0.1, 0.15) is 11.5 Å². The molecule has 7 nitrogen and oxygen atoms in total. The lowest BCUT2D eigenvalue weighted by Gasteiger charge is -2.38. The van der Waals surface area contributed by atoms with Gasteiger partial charge < -0.3 is 25.8 Å². The van der Waals surface area contributed by atoms with Crippen molar-refractivity contribution in [3.05, 3.63) is 83.6 Å². The molecular weight excluding hydrogens is 402 g/mol. The molecule has 1 aromatic heterocycles. The predicted molar refractivity (Wildman–Crippen MR) is 127 cm³/mol. The number of nitrogens with one attached hydrogen (secondary N) is 2. The summed E-state index contributed by atoms with van der Waals surface area (Å²) in [4.78, 5) is 9.21. The highest BCUT2D eigenvalue weighted by Gasteiger charge is 2.36. The van der Waals surface area contributed by atoms with E-state index in [1.807, 2.05) is 36.4 Å². The number of nitrogens with two attached hydrogens (primary N) is 1. The van der Waals surface area contributed by atoms with Crippen LogP contribution >= 0.6 is 0 Å². The lowest BCUT2D eigenvalue weighted by molar-refractivity contribution is 0.352. The third-order valence-electron chi connectivity index (χ3n) is 5.53. The van der Waals surface area contributed by atoms with Gasteiger partial charge in [-0.1, -0.05) is 42.5 Å². The number of aliphatic imine (C=N–C) groups is 1. The van der Waals surface area contributed by atoms with Crippen molar-refractivity contribution in [2.75, 3.05) is 26.1 Å². The molecule has 1 atom stereocenters. The molecule has 0 bridgehead atoms. The molecule has 0 radical (unpaired) electrons. The maximum absolute atomic E-state index is 6.91. The van der Waals surface area contributed by atoms with Gasteiger partial charge >= 0.3 is 0 Å². The van der Waals surface area contributed by atoms with Gasteiger partial charge in [0.05, 0.1) is 14.2 Å². The van der Waals surface area contributed by atoms with E-state index in [2.05, 4.69) is 39.9 Å². The topological polar surface area (TPSA) is 93.8 Å². The second-order valence-corrected chi connectivity index (χ2v) is 7.81. The summed E-state index contributed by atoms with van der Waals surface area (Å²) in [6.45, 7) is 0.679. The van der Waals surface area contributed by atoms with Crippen molar-refractivity contribution >= 4 is 11.8 Å². The second kappa shape index (κ2) is 9.70. The Kier molecular flexibility index (Phi) is 6.56. The molecule has 0 saturated heterocycles. The monoisotopic (exact) mass is 431 g/mol. The lowest BCUT2D eigenvalue weighted by atomic mass is 9.91. The highest BCUT2D eigenvalue weighted by molar-refractivity contribution is 5.96. The van der Waals surface area contributed by atoms with Gasteiger partial charge in [-0.05, 0) is 42.2 Å². The standard InChI is InChI=1S/C25H29N5O2/c1-31-21-13-12-19(16-22(21)32-2)17-25(26)20-11-7-14-27-23(20)29-24(30-25)28-15-6-10-18-8-4-3-5-9-18/h3-5,7-9,11-14,16H,6,10,15,17,26H2,1-2H3,(H2,27,28,29,30). The van der Waals surface area contributed by atoms with E-state index < -0.39 is 5.66 Å². The molecule has 1 unspecified atom stereocenters. The number of ether oxygens (including phenoxy) is 2. The summed E-state index contributed by atoms with van der Waals surface area (Å²) in [6, 6.07) is 20.1. The summed E-state index contributed by atoms with van der Waals surface area (Å²) in [6.07, 6.45) is 4.20. The van der Waals surface area contributed by atoms with E-state index in [0.717, 1.165) is 29.8 Å². The van der Waals surface area contributed by atoms with E-state index >= 15 is 0 Å².